The first-order valence-electron chi connectivity index (χ1n) is 3.96. The molecule has 0 amide bonds. The van der Waals surface area contributed by atoms with E-state index in [4.69, 9.17) is 22.3 Å². The summed E-state index contributed by atoms with van der Waals surface area (Å²) in [7, 11) is 3.08. The summed E-state index contributed by atoms with van der Waals surface area (Å²) >= 11 is 0. The molecular weight excluding hydrogens is 176 g/mol. The third kappa shape index (κ3) is 1.51. The zero-order valence-corrected chi connectivity index (χ0v) is 8.13. The average molecular weight is 186 g/mol. The van der Waals surface area contributed by atoms with Gasteiger partial charge in [0, 0.05) is 5.56 Å². The number of hydrogen-bond donors (Lipinski definition) is 0. The molecule has 0 aromatic heterocycles. The lowest BCUT2D eigenvalue weighted by Gasteiger charge is -2.10. The molecular formula is C12H10O2. The van der Waals surface area contributed by atoms with E-state index in [-0.39, 0.29) is 0 Å². The molecule has 0 radical (unpaired) electrons. The molecule has 0 aliphatic rings. The van der Waals surface area contributed by atoms with Crippen molar-refractivity contribution in [1.29, 1.82) is 0 Å². The van der Waals surface area contributed by atoms with Crippen molar-refractivity contribution in [1.82, 2.24) is 0 Å². The average Bonchev–Trinajstić information content (AvgIpc) is 2.26. The maximum absolute atomic E-state index is 5.35. The van der Waals surface area contributed by atoms with Crippen LogP contribution in [0.5, 0.6) is 11.5 Å². The number of rotatable bonds is 2. The fourth-order valence-electron chi connectivity index (χ4n) is 1.19. The summed E-state index contributed by atoms with van der Waals surface area (Å²) in [6, 6.07) is 3.46. The van der Waals surface area contributed by atoms with Gasteiger partial charge in [-0.15, -0.1) is 12.8 Å². The van der Waals surface area contributed by atoms with Crippen LogP contribution in [0.2, 0.25) is 0 Å². The second-order valence-electron chi connectivity index (χ2n) is 2.51. The van der Waals surface area contributed by atoms with Gasteiger partial charge in [0.2, 0.25) is 0 Å². The summed E-state index contributed by atoms with van der Waals surface area (Å²) in [4.78, 5) is 0. The van der Waals surface area contributed by atoms with Gasteiger partial charge in [0.05, 0.1) is 19.8 Å². The van der Waals surface area contributed by atoms with E-state index in [2.05, 4.69) is 11.8 Å². The van der Waals surface area contributed by atoms with Gasteiger partial charge in [0.15, 0.2) is 11.5 Å². The number of benzene rings is 1. The Hall–Kier alpha value is -2.06. The first kappa shape index (κ1) is 10.0. The van der Waals surface area contributed by atoms with Gasteiger partial charge in [-0.2, -0.15) is 0 Å². The Balaban J connectivity index is 3.48. The van der Waals surface area contributed by atoms with Crippen molar-refractivity contribution < 1.29 is 9.47 Å². The first-order chi connectivity index (χ1) is 6.78. The summed E-state index contributed by atoms with van der Waals surface area (Å²) < 4.78 is 10.2. The van der Waals surface area contributed by atoms with E-state index in [1.54, 1.807) is 19.2 Å². The highest BCUT2D eigenvalue weighted by molar-refractivity contribution is 5.61. The maximum atomic E-state index is 5.35. The zero-order chi connectivity index (χ0) is 10.6. The van der Waals surface area contributed by atoms with Crippen LogP contribution in [0.15, 0.2) is 12.1 Å². The van der Waals surface area contributed by atoms with Crippen molar-refractivity contribution in [2.24, 2.45) is 0 Å². The molecule has 0 N–H and O–H groups in total. The number of hydrogen-bond acceptors (Lipinski definition) is 2. The fraction of sp³-hybridized carbons (Fsp3) is 0.167. The highest BCUT2D eigenvalue weighted by Crippen LogP contribution is 2.32. The van der Waals surface area contributed by atoms with Crippen LogP contribution < -0.4 is 9.47 Å². The van der Waals surface area contributed by atoms with Gasteiger partial charge in [-0.1, -0.05) is 11.8 Å². The molecule has 0 atom stereocenters. The first-order valence-corrected chi connectivity index (χ1v) is 3.96. The second-order valence-corrected chi connectivity index (χ2v) is 2.51. The van der Waals surface area contributed by atoms with Crippen molar-refractivity contribution >= 4 is 0 Å². The van der Waals surface area contributed by atoms with E-state index in [1.807, 2.05) is 0 Å². The van der Waals surface area contributed by atoms with Gasteiger partial charge in [0.1, 0.15) is 0 Å². The van der Waals surface area contributed by atoms with E-state index in [0.29, 0.717) is 22.6 Å². The van der Waals surface area contributed by atoms with Gasteiger partial charge in [-0.25, -0.2) is 0 Å². The lowest BCUT2D eigenvalue weighted by Crippen LogP contribution is -1.95. The summed E-state index contributed by atoms with van der Waals surface area (Å²) in [5.41, 5.74) is 1.18. The van der Waals surface area contributed by atoms with Gasteiger partial charge in [-0.05, 0) is 12.1 Å². The van der Waals surface area contributed by atoms with Crippen LogP contribution in [-0.4, -0.2) is 14.2 Å². The van der Waals surface area contributed by atoms with Crippen LogP contribution in [-0.2, 0) is 0 Å². The van der Waals surface area contributed by atoms with Crippen LogP contribution in [0, 0.1) is 24.7 Å². The highest BCUT2D eigenvalue weighted by Gasteiger charge is 2.11. The van der Waals surface area contributed by atoms with E-state index < -0.39 is 0 Å². The van der Waals surface area contributed by atoms with Crippen LogP contribution >= 0.6 is 0 Å². The van der Waals surface area contributed by atoms with Crippen LogP contribution in [0.1, 0.15) is 11.1 Å². The molecule has 0 saturated heterocycles. The van der Waals surface area contributed by atoms with Crippen molar-refractivity contribution in [3.05, 3.63) is 23.3 Å². The van der Waals surface area contributed by atoms with Crippen molar-refractivity contribution in [2.45, 2.75) is 0 Å². The number of terminal acetylenes is 2. The van der Waals surface area contributed by atoms with E-state index >= 15 is 0 Å². The Morgan fingerprint density at radius 2 is 1.79 bits per heavy atom. The topological polar surface area (TPSA) is 18.5 Å². The lowest BCUT2D eigenvalue weighted by molar-refractivity contribution is 0.354. The summed E-state index contributed by atoms with van der Waals surface area (Å²) in [6.07, 6.45) is 10.6. The maximum Gasteiger partial charge on any atom is 0.177 e. The molecule has 0 fully saturated rings. The third-order valence-electron chi connectivity index (χ3n) is 1.85. The third-order valence-corrected chi connectivity index (χ3v) is 1.85. The van der Waals surface area contributed by atoms with Crippen molar-refractivity contribution in [2.75, 3.05) is 14.2 Å². The Kier molecular flexibility index (Phi) is 3.05. The lowest BCUT2D eigenvalue weighted by atomic mass is 10.1. The van der Waals surface area contributed by atoms with E-state index in [9.17, 15) is 0 Å². The number of methoxy groups -OCH3 is 2. The minimum absolute atomic E-state index is 0.505. The standard InChI is InChI=1S/C12H10O2/c1-5-9-7-8-11(13-3)12(14-4)10(9)6-2/h1-2,7-8H,3-4H3. The Morgan fingerprint density at radius 3 is 2.21 bits per heavy atom. The Labute approximate surface area is 83.8 Å². The van der Waals surface area contributed by atoms with Gasteiger partial charge < -0.3 is 9.47 Å². The molecule has 0 spiro atoms. The Morgan fingerprint density at radius 1 is 1.07 bits per heavy atom. The van der Waals surface area contributed by atoms with Gasteiger partial charge in [0.25, 0.3) is 0 Å². The molecule has 14 heavy (non-hydrogen) atoms. The predicted molar refractivity (Wildman–Crippen MR) is 55.4 cm³/mol. The molecule has 1 aromatic rings. The molecule has 1 rings (SSSR count). The smallest absolute Gasteiger partial charge is 0.177 e. The monoisotopic (exact) mass is 186 g/mol. The molecule has 2 heteroatoms. The molecule has 0 aliphatic heterocycles. The van der Waals surface area contributed by atoms with Crippen molar-refractivity contribution in [3.63, 3.8) is 0 Å². The molecule has 0 unspecified atom stereocenters. The molecule has 0 bridgehead atoms. The van der Waals surface area contributed by atoms with E-state index in [0.717, 1.165) is 0 Å². The summed E-state index contributed by atoms with van der Waals surface area (Å²) in [5, 5.41) is 0. The SMILES string of the molecule is C#Cc1ccc(OC)c(OC)c1C#C. The van der Waals surface area contributed by atoms with Crippen LogP contribution in [0.4, 0.5) is 0 Å². The molecule has 70 valence electrons. The van der Waals surface area contributed by atoms with Crippen LogP contribution in [0.25, 0.3) is 0 Å². The number of ether oxygens (including phenoxy) is 2. The summed E-state index contributed by atoms with van der Waals surface area (Å²) in [5.74, 6) is 6.08. The minimum atomic E-state index is 0.505. The highest BCUT2D eigenvalue weighted by atomic mass is 16.5. The molecule has 1 aromatic carbocycles. The van der Waals surface area contributed by atoms with Gasteiger partial charge >= 0.3 is 0 Å². The molecule has 0 heterocycles. The largest absolute Gasteiger partial charge is 0.493 e. The Bertz CT molecular complexity index is 419. The zero-order valence-electron chi connectivity index (χ0n) is 8.13. The van der Waals surface area contributed by atoms with E-state index in [1.165, 1.54) is 7.11 Å². The summed E-state index contributed by atoms with van der Waals surface area (Å²) in [6.45, 7) is 0. The molecule has 0 saturated carbocycles. The quantitative estimate of drug-likeness (QED) is 0.654. The minimum Gasteiger partial charge on any atom is -0.493 e. The normalized spacial score (nSPS) is 8.57. The molecule has 2 nitrogen and oxygen atoms in total. The van der Waals surface area contributed by atoms with Crippen LogP contribution in [0.3, 0.4) is 0 Å². The predicted octanol–water partition coefficient (Wildman–Crippen LogP) is 1.67. The van der Waals surface area contributed by atoms with Crippen molar-refractivity contribution in [3.8, 4) is 36.2 Å². The second kappa shape index (κ2) is 4.25. The van der Waals surface area contributed by atoms with Gasteiger partial charge in [-0.3, -0.25) is 0 Å². The fourth-order valence-corrected chi connectivity index (χ4v) is 1.19. The molecule has 0 aliphatic carbocycles.